The predicted octanol–water partition coefficient (Wildman–Crippen LogP) is 21.7. The van der Waals surface area contributed by atoms with Crippen molar-refractivity contribution in [2.45, 2.75) is 0 Å². The van der Waals surface area contributed by atoms with Crippen LogP contribution >= 0.6 is 0 Å². The van der Waals surface area contributed by atoms with Crippen molar-refractivity contribution < 1.29 is 22.0 Å². The molecule has 0 bridgehead atoms. The Bertz CT molecular complexity index is 5400. The summed E-state index contributed by atoms with van der Waals surface area (Å²) in [5.74, 6) is -10.8. The summed E-state index contributed by atoms with van der Waals surface area (Å²) in [4.78, 5) is 22.9. The minimum atomic E-state index is -2.32. The molecule has 16 rings (SSSR count). The molecule has 0 unspecified atom stereocenters. The standard InChI is InChI=1S/C81H46F5N7/c1-87-69-47-75(93-72-44-54(58-32-36-90-67(40-58)50-18-10-4-11-19-50)24-28-62(72)63-29-25-55(45-73(63)93)59-33-37-91-68(41-59)51-20-12-5-13-21-51)74(46-64(69)76-77(82)79(84)81(86)80(85)78(76)83)92-70-42-52(56-30-34-88-65(38-56)48-14-6-2-7-15-48)22-26-60(70)61-27-23-53(43-71(61)92)57-31-35-89-66(39-57)49-16-8-3-9-17-49/h2-47H. The number of aromatic nitrogens is 6. The first-order valence-electron chi connectivity index (χ1n) is 30.0. The highest BCUT2D eigenvalue weighted by Crippen LogP contribution is 2.47. The fourth-order valence-electron chi connectivity index (χ4n) is 12.8. The van der Waals surface area contributed by atoms with Gasteiger partial charge < -0.3 is 9.13 Å². The van der Waals surface area contributed by atoms with Crippen LogP contribution < -0.4 is 0 Å². The van der Waals surface area contributed by atoms with E-state index in [9.17, 15) is 0 Å². The largest absolute Gasteiger partial charge is 0.308 e. The van der Waals surface area contributed by atoms with Crippen molar-refractivity contribution in [2.75, 3.05) is 0 Å². The van der Waals surface area contributed by atoms with Crippen molar-refractivity contribution in [3.63, 3.8) is 0 Å². The second-order valence-electron chi connectivity index (χ2n) is 22.7. The van der Waals surface area contributed by atoms with Crippen molar-refractivity contribution in [3.8, 4) is 112 Å². The number of rotatable bonds is 11. The van der Waals surface area contributed by atoms with E-state index in [0.29, 0.717) is 27.8 Å². The van der Waals surface area contributed by atoms with E-state index in [-0.39, 0.29) is 11.4 Å². The van der Waals surface area contributed by atoms with Gasteiger partial charge in [-0.25, -0.2) is 26.8 Å². The summed E-state index contributed by atoms with van der Waals surface area (Å²) in [6.07, 6.45) is 7.06. The zero-order valence-electron chi connectivity index (χ0n) is 49.1. The van der Waals surface area contributed by atoms with Crippen LogP contribution in [0.1, 0.15) is 0 Å². The lowest BCUT2D eigenvalue weighted by atomic mass is 9.99. The Morgan fingerprint density at radius 2 is 0.538 bits per heavy atom. The second-order valence-corrected chi connectivity index (χ2v) is 22.7. The van der Waals surface area contributed by atoms with Crippen LogP contribution in [0, 0.1) is 35.7 Å². The molecule has 0 amide bonds. The molecule has 16 aromatic rings. The smallest absolute Gasteiger partial charge is 0.200 e. The van der Waals surface area contributed by atoms with Crippen LogP contribution in [0.25, 0.3) is 160 Å². The van der Waals surface area contributed by atoms with Gasteiger partial charge in [-0.3, -0.25) is 19.9 Å². The Balaban J connectivity index is 1.04. The highest BCUT2D eigenvalue weighted by molar-refractivity contribution is 6.14. The van der Waals surface area contributed by atoms with Crippen molar-refractivity contribution >= 4 is 49.3 Å². The minimum Gasteiger partial charge on any atom is -0.308 e. The van der Waals surface area contributed by atoms with E-state index in [0.717, 1.165) is 111 Å². The molecule has 0 saturated heterocycles. The van der Waals surface area contributed by atoms with Gasteiger partial charge in [-0.1, -0.05) is 170 Å². The molecule has 12 heteroatoms. The summed E-state index contributed by atoms with van der Waals surface area (Å²) in [7, 11) is 0. The maximum Gasteiger partial charge on any atom is 0.200 e. The Hall–Kier alpha value is -12.5. The molecule has 0 aliphatic rings. The number of nitrogens with zero attached hydrogens (tertiary/aromatic N) is 7. The zero-order valence-corrected chi connectivity index (χ0v) is 49.1. The topological polar surface area (TPSA) is 65.8 Å². The predicted molar refractivity (Wildman–Crippen MR) is 361 cm³/mol. The number of halogens is 5. The monoisotopic (exact) mass is 1210 g/mol. The Labute approximate surface area is 529 Å². The van der Waals surface area contributed by atoms with Crippen LogP contribution in [0.2, 0.25) is 0 Å². The van der Waals surface area contributed by atoms with Gasteiger partial charge >= 0.3 is 0 Å². The van der Waals surface area contributed by atoms with E-state index in [1.54, 1.807) is 24.8 Å². The third-order valence-electron chi connectivity index (χ3n) is 17.4. The number of hydrogen-bond acceptors (Lipinski definition) is 4. The van der Waals surface area contributed by atoms with E-state index < -0.39 is 40.2 Å². The van der Waals surface area contributed by atoms with Gasteiger partial charge in [0.15, 0.2) is 29.0 Å². The summed E-state index contributed by atoms with van der Waals surface area (Å²) in [6.45, 7) is 8.84. The van der Waals surface area contributed by atoms with Gasteiger partial charge in [0.25, 0.3) is 0 Å². The van der Waals surface area contributed by atoms with Crippen molar-refractivity contribution in [1.29, 1.82) is 0 Å². The van der Waals surface area contributed by atoms with Crippen molar-refractivity contribution in [2.24, 2.45) is 0 Å². The average Bonchev–Trinajstić information content (AvgIpc) is 1.61. The molecule has 0 fully saturated rings. The Kier molecular flexibility index (Phi) is 13.7. The molecule has 0 atom stereocenters. The maximum absolute atomic E-state index is 16.8. The number of hydrogen-bond donors (Lipinski definition) is 0. The lowest BCUT2D eigenvalue weighted by molar-refractivity contribution is 0.381. The molecule has 6 aromatic heterocycles. The van der Waals surface area contributed by atoms with Gasteiger partial charge in [0.05, 0.1) is 62.8 Å². The highest BCUT2D eigenvalue weighted by Gasteiger charge is 2.31. The zero-order chi connectivity index (χ0) is 62.8. The Morgan fingerprint density at radius 3 is 0.828 bits per heavy atom. The SMILES string of the molecule is [C-]#[N+]c1cc(-n2c3cc(-c4ccnc(-c5ccccc5)c4)ccc3c3ccc(-c4ccnc(-c5ccccc5)c4)cc32)c(-n2c3cc(-c4ccnc(-c5ccccc5)c4)ccc3c3ccc(-c4ccnc(-c5ccccc5)c4)cc32)cc1-c1c(F)c(F)c(F)c(F)c1F. The molecule has 0 N–H and O–H groups in total. The lowest BCUT2D eigenvalue weighted by Crippen LogP contribution is -2.07. The van der Waals surface area contributed by atoms with Gasteiger partial charge in [-0.05, 0) is 135 Å². The van der Waals surface area contributed by atoms with Crippen LogP contribution in [0.5, 0.6) is 0 Å². The van der Waals surface area contributed by atoms with E-state index in [4.69, 9.17) is 26.5 Å². The van der Waals surface area contributed by atoms with Crippen LogP contribution in [0.3, 0.4) is 0 Å². The lowest BCUT2D eigenvalue weighted by Gasteiger charge is -2.21. The molecule has 440 valence electrons. The molecule has 7 nitrogen and oxygen atoms in total. The summed E-state index contributed by atoms with van der Waals surface area (Å²) >= 11 is 0. The molecule has 93 heavy (non-hydrogen) atoms. The number of pyridine rings is 4. The average molecular weight is 1210 g/mol. The second kappa shape index (κ2) is 22.8. The fraction of sp³-hybridized carbons (Fsp3) is 0. The van der Waals surface area contributed by atoms with E-state index in [2.05, 4.69) is 41.2 Å². The minimum absolute atomic E-state index is 0.246. The molecule has 0 aliphatic heterocycles. The van der Waals surface area contributed by atoms with Gasteiger partial charge in [0.1, 0.15) is 0 Å². The normalized spacial score (nSPS) is 11.5. The molecule has 6 heterocycles. The summed E-state index contributed by atoms with van der Waals surface area (Å²) in [5.41, 5.74) is 14.4. The van der Waals surface area contributed by atoms with Crippen LogP contribution in [-0.4, -0.2) is 29.1 Å². The first-order valence-corrected chi connectivity index (χ1v) is 30.0. The van der Waals surface area contributed by atoms with Gasteiger partial charge in [0.2, 0.25) is 5.82 Å². The van der Waals surface area contributed by atoms with E-state index in [1.807, 2.05) is 215 Å². The molecular formula is C81H46F5N7. The first-order chi connectivity index (χ1) is 45.6. The fourth-order valence-corrected chi connectivity index (χ4v) is 12.8. The van der Waals surface area contributed by atoms with E-state index in [1.165, 1.54) is 12.1 Å². The van der Waals surface area contributed by atoms with Gasteiger partial charge in [0, 0.05) is 74.1 Å². The molecule has 0 saturated carbocycles. The molecule has 0 spiro atoms. The maximum atomic E-state index is 16.8. The van der Waals surface area contributed by atoms with Crippen LogP contribution in [0.15, 0.2) is 280 Å². The molecule has 0 radical (unpaired) electrons. The quantitative estimate of drug-likeness (QED) is 0.0560. The van der Waals surface area contributed by atoms with Gasteiger partial charge in [-0.15, -0.1) is 0 Å². The Morgan fingerprint density at radius 1 is 0.269 bits per heavy atom. The number of fused-ring (bicyclic) bond motifs is 6. The van der Waals surface area contributed by atoms with Crippen molar-refractivity contribution in [3.05, 3.63) is 320 Å². The third-order valence-corrected chi connectivity index (χ3v) is 17.4. The summed E-state index contributed by atoms with van der Waals surface area (Å²) < 4.78 is 84.4. The molecular weight excluding hydrogens is 1170 g/mol. The summed E-state index contributed by atoms with van der Waals surface area (Å²) in [5, 5.41) is 3.20. The van der Waals surface area contributed by atoms with E-state index >= 15 is 22.0 Å². The highest BCUT2D eigenvalue weighted by atomic mass is 19.2. The van der Waals surface area contributed by atoms with Crippen LogP contribution in [-0.2, 0) is 0 Å². The molecule has 10 aromatic carbocycles. The molecule has 0 aliphatic carbocycles. The van der Waals surface area contributed by atoms with Crippen LogP contribution in [0.4, 0.5) is 27.6 Å². The third kappa shape index (κ3) is 9.74. The number of benzene rings is 10. The van der Waals surface area contributed by atoms with Gasteiger partial charge in [-0.2, -0.15) is 0 Å². The summed E-state index contributed by atoms with van der Waals surface area (Å²) in [6, 6.07) is 82.7. The first kappa shape index (κ1) is 55.8. The van der Waals surface area contributed by atoms with Crippen molar-refractivity contribution in [1.82, 2.24) is 29.1 Å².